The average molecular weight is 1270 g/mol. The summed E-state index contributed by atoms with van der Waals surface area (Å²) in [6.07, 6.45) is 3.04. The lowest BCUT2D eigenvalue weighted by Gasteiger charge is -2.36. The predicted molar refractivity (Wildman–Crippen MR) is 342 cm³/mol. The Labute approximate surface area is 543 Å². The van der Waals surface area contributed by atoms with Gasteiger partial charge >= 0.3 is 12.1 Å². The molecule has 7 aliphatic heterocycles. The molecule has 0 bridgehead atoms. The minimum Gasteiger partial charge on any atom is -0.331 e. The number of rotatable bonds is 18. The zero-order valence-electron chi connectivity index (χ0n) is 54.1. The first-order valence-electron chi connectivity index (χ1n) is 32.2. The number of amides is 13. The van der Waals surface area contributed by atoms with Crippen molar-refractivity contribution in [2.45, 2.75) is 115 Å². The quantitative estimate of drug-likeness (QED) is 0.0988. The lowest BCUT2D eigenvalue weighted by molar-refractivity contribution is -0.154. The van der Waals surface area contributed by atoms with Gasteiger partial charge in [-0.1, -0.05) is 151 Å². The average Bonchev–Trinajstić information content (AvgIpc) is 1.58. The summed E-state index contributed by atoms with van der Waals surface area (Å²) in [6, 6.07) is 20.5. The van der Waals surface area contributed by atoms with Gasteiger partial charge in [-0.25, -0.2) is 9.59 Å². The number of carbonyl (C=O) groups is 12. The number of nitrogens with zero attached hydrogens (tertiary/aromatic N) is 11. The fourth-order valence-electron chi connectivity index (χ4n) is 15.1. The summed E-state index contributed by atoms with van der Waals surface area (Å²) in [5.41, 5.74) is -3.64. The molecular formula is C70H85N11O12. The van der Waals surface area contributed by atoms with Crippen LogP contribution in [0.15, 0.2) is 129 Å². The normalized spacial score (nSPS) is 26.7. The van der Waals surface area contributed by atoms with Crippen LogP contribution in [0, 0.1) is 23.7 Å². The molecular weight excluding hydrogens is 1190 g/mol. The number of Topliss-reactive ketones (excluding diaryl/α,β-unsaturated/α-hetero) is 1. The van der Waals surface area contributed by atoms with Gasteiger partial charge in [0.05, 0.1) is 52.4 Å². The second kappa shape index (κ2) is 26.7. The molecule has 7 aliphatic rings. The molecule has 23 nitrogen and oxygen atoms in total. The van der Waals surface area contributed by atoms with Crippen molar-refractivity contribution < 1.29 is 57.5 Å². The SMILES string of the molecule is C=CCN1C(=O)C(Cc2ccccc2)C(=O)[C@@]12C[C@H]1C(=O)N(CC(C)C)CC(=O)N3C[C@@]4(C[C@H]3C(=O)N(CC(C)C)CC(=O)N3C[C@@]5(C[C@H]3C(=O)N(CC(C)C)CC(=O)N1C2)C(=O)N(Cc1ccccc1)C(=O)N5CC=C)C(=O)N(Cc1ccccc1)C(=O)N4CC=C. The first-order valence-corrected chi connectivity index (χ1v) is 32.2. The summed E-state index contributed by atoms with van der Waals surface area (Å²) in [4.78, 5) is 200. The lowest BCUT2D eigenvalue weighted by Crippen LogP contribution is -2.58. The molecule has 7 fully saturated rings. The second-order valence-electron chi connectivity index (χ2n) is 27.1. The Morgan fingerprint density at radius 1 is 0.419 bits per heavy atom. The zero-order chi connectivity index (χ0) is 67.0. The van der Waals surface area contributed by atoms with Gasteiger partial charge < -0.3 is 44.1 Å². The van der Waals surface area contributed by atoms with Crippen molar-refractivity contribution >= 4 is 71.0 Å². The van der Waals surface area contributed by atoms with Crippen molar-refractivity contribution in [3.05, 3.63) is 146 Å². The molecule has 23 heteroatoms. The summed E-state index contributed by atoms with van der Waals surface area (Å²) in [5, 5.41) is 0. The molecule has 7 atom stereocenters. The maximum Gasteiger partial charge on any atom is 0.328 e. The number of benzene rings is 3. The topological polar surface area (TPSA) is 240 Å². The van der Waals surface area contributed by atoms with Crippen molar-refractivity contribution in [2.24, 2.45) is 23.7 Å². The van der Waals surface area contributed by atoms with E-state index in [0.717, 1.165) is 9.80 Å². The fraction of sp³-hybridized carbons (Fsp3) is 0.486. The maximum absolute atomic E-state index is 16.1. The number of imide groups is 2. The van der Waals surface area contributed by atoms with E-state index in [1.165, 1.54) is 62.3 Å². The largest absolute Gasteiger partial charge is 0.331 e. The number of hydrogen-bond acceptors (Lipinski definition) is 12. The maximum atomic E-state index is 16.1. The van der Waals surface area contributed by atoms with Crippen molar-refractivity contribution in [3.63, 3.8) is 0 Å². The predicted octanol–water partition coefficient (Wildman–Crippen LogP) is 4.23. The molecule has 492 valence electrons. The standard InChI is InChI=1S/C70H85N11O12/c1-10-28-79-60(86)52(31-49-22-16-13-17-23-49)59(85)68(79)32-53-61(87)71(35-46(4)5)41-57(83)77-44-70(65(91)75(67(93)81(70)30-12-3)39-51-26-20-15-21-27-51)34-55(77)63(89)73(37-48(8)9)42-58(84)78-45-69(33-54(78)62(88)72(36-47(6)7)40-56(82)76(53)43-68)64(90)74(66(92)80(69)29-11-2)38-50-24-18-14-19-25-50/h10-27,46-48,52-55H,1-3,28-45H2,4-9H3/t52?,53-,54-,55-,68-,69-,70-/m0/s1. The van der Waals surface area contributed by atoms with E-state index in [0.29, 0.717) is 16.7 Å². The molecule has 0 radical (unpaired) electrons. The van der Waals surface area contributed by atoms with Gasteiger partial charge in [0.2, 0.25) is 41.4 Å². The van der Waals surface area contributed by atoms with Crippen LogP contribution in [0.3, 0.4) is 0 Å². The van der Waals surface area contributed by atoms with Gasteiger partial charge in [-0.3, -0.25) is 57.7 Å². The zero-order valence-corrected chi connectivity index (χ0v) is 54.1. The highest BCUT2D eigenvalue weighted by atomic mass is 16.2. The Kier molecular flexibility index (Phi) is 19.2. The van der Waals surface area contributed by atoms with Crippen LogP contribution in [-0.2, 0) is 67.5 Å². The number of urea groups is 2. The summed E-state index contributed by atoms with van der Waals surface area (Å²) in [6.45, 7) is 17.7. The van der Waals surface area contributed by atoms with Crippen molar-refractivity contribution in [2.75, 3.05) is 78.5 Å². The highest BCUT2D eigenvalue weighted by Gasteiger charge is 2.68. The van der Waals surface area contributed by atoms with Gasteiger partial charge in [0.25, 0.3) is 11.8 Å². The van der Waals surface area contributed by atoms with E-state index in [4.69, 9.17) is 0 Å². The number of likely N-dealkylation sites (tertiary alicyclic amines) is 1. The van der Waals surface area contributed by atoms with Gasteiger partial charge in [-0.15, -0.1) is 19.7 Å². The molecule has 7 heterocycles. The third kappa shape index (κ3) is 12.3. The summed E-state index contributed by atoms with van der Waals surface area (Å²) in [7, 11) is 0. The van der Waals surface area contributed by atoms with Crippen LogP contribution in [0.5, 0.6) is 0 Å². The summed E-state index contributed by atoms with van der Waals surface area (Å²) in [5.74, 6) is -9.50. The Morgan fingerprint density at radius 3 is 1.06 bits per heavy atom. The van der Waals surface area contributed by atoms with Gasteiger partial charge in [0.15, 0.2) is 5.78 Å². The van der Waals surface area contributed by atoms with E-state index in [1.54, 1.807) is 91.0 Å². The highest BCUT2D eigenvalue weighted by molar-refractivity contribution is 6.15. The van der Waals surface area contributed by atoms with Crippen LogP contribution in [0.4, 0.5) is 9.59 Å². The van der Waals surface area contributed by atoms with E-state index in [2.05, 4.69) is 19.7 Å². The smallest absolute Gasteiger partial charge is 0.328 e. The molecule has 0 saturated carbocycles. The first kappa shape index (κ1) is 66.6. The fourth-order valence-corrected chi connectivity index (χ4v) is 15.1. The van der Waals surface area contributed by atoms with E-state index >= 15 is 43.2 Å². The third-order valence-corrected chi connectivity index (χ3v) is 19.2. The van der Waals surface area contributed by atoms with Gasteiger partial charge in [-0.05, 0) is 40.9 Å². The molecule has 93 heavy (non-hydrogen) atoms. The van der Waals surface area contributed by atoms with Gasteiger partial charge in [0.1, 0.15) is 40.7 Å². The Hall–Kier alpha value is -9.28. The molecule has 10 rings (SSSR count). The van der Waals surface area contributed by atoms with Crippen LogP contribution >= 0.6 is 0 Å². The molecule has 3 aromatic rings. The van der Waals surface area contributed by atoms with Gasteiger partial charge in [0, 0.05) is 58.5 Å². The number of fused-ring (bicyclic) bond motifs is 3. The van der Waals surface area contributed by atoms with Crippen LogP contribution < -0.4 is 0 Å². The monoisotopic (exact) mass is 1270 g/mol. The van der Waals surface area contributed by atoms with Crippen molar-refractivity contribution in [1.82, 2.24) is 53.9 Å². The second-order valence-corrected chi connectivity index (χ2v) is 27.1. The van der Waals surface area contributed by atoms with Crippen LogP contribution in [-0.4, -0.2) is 238 Å². The number of carbonyl (C=O) groups excluding carboxylic acids is 12. The lowest BCUT2D eigenvalue weighted by atomic mass is 9.85. The molecule has 13 amide bonds. The molecule has 0 aliphatic carbocycles. The Morgan fingerprint density at radius 2 is 0.731 bits per heavy atom. The van der Waals surface area contributed by atoms with Crippen molar-refractivity contribution in [1.29, 1.82) is 0 Å². The Bertz CT molecular complexity index is 3150. The molecule has 7 saturated heterocycles. The number of ketones is 1. The molecule has 0 N–H and O–H groups in total. The van der Waals surface area contributed by atoms with Crippen LogP contribution in [0.25, 0.3) is 0 Å². The molecule has 1 unspecified atom stereocenters. The van der Waals surface area contributed by atoms with Crippen LogP contribution in [0.2, 0.25) is 0 Å². The van der Waals surface area contributed by atoms with E-state index in [9.17, 15) is 14.4 Å². The molecule has 0 aromatic heterocycles. The highest BCUT2D eigenvalue weighted by Crippen LogP contribution is 2.46. The molecule has 3 aromatic carbocycles. The third-order valence-electron chi connectivity index (χ3n) is 19.2. The number of hydrogen-bond donors (Lipinski definition) is 0. The van der Waals surface area contributed by atoms with Gasteiger partial charge in [-0.2, -0.15) is 0 Å². The minimum absolute atomic E-state index is 0.0136. The van der Waals surface area contributed by atoms with E-state index < -0.39 is 170 Å². The molecule has 3 spiro atoms. The van der Waals surface area contributed by atoms with E-state index in [1.807, 2.05) is 41.5 Å². The van der Waals surface area contributed by atoms with Crippen molar-refractivity contribution in [3.8, 4) is 0 Å². The summed E-state index contributed by atoms with van der Waals surface area (Å²) < 4.78 is 0. The minimum atomic E-state index is -1.88. The van der Waals surface area contributed by atoms with Crippen LogP contribution in [0.1, 0.15) is 77.5 Å². The van der Waals surface area contributed by atoms with E-state index in [-0.39, 0.29) is 76.5 Å². The first-order chi connectivity index (χ1) is 44.3. The summed E-state index contributed by atoms with van der Waals surface area (Å²) >= 11 is 0. The Balaban J connectivity index is 1.14.